The van der Waals surface area contributed by atoms with Crippen LogP contribution >= 0.6 is 0 Å². The molecule has 0 radical (unpaired) electrons. The second kappa shape index (κ2) is 4.63. The predicted molar refractivity (Wildman–Crippen MR) is 80.9 cm³/mol. The van der Waals surface area contributed by atoms with Gasteiger partial charge >= 0.3 is 0 Å². The Kier molecular flexibility index (Phi) is 3.38. The molecule has 3 N–H and O–H groups in total. The van der Waals surface area contributed by atoms with Gasteiger partial charge < -0.3 is 15.4 Å². The summed E-state index contributed by atoms with van der Waals surface area (Å²) in [6, 6.07) is 7.71. The van der Waals surface area contributed by atoms with Gasteiger partial charge in [-0.1, -0.05) is 18.2 Å². The SMILES string of the molecule is Cc1[nH]c2ccccc2c1C(=O)NC(C)(C)C(C)(C)O. The first-order chi connectivity index (χ1) is 9.13. The fourth-order valence-corrected chi connectivity index (χ4v) is 2.07. The second-order valence-corrected chi connectivity index (χ2v) is 6.31. The summed E-state index contributed by atoms with van der Waals surface area (Å²) in [6.07, 6.45) is 0. The molecule has 0 saturated carbocycles. The van der Waals surface area contributed by atoms with Gasteiger partial charge in [0.2, 0.25) is 0 Å². The number of rotatable bonds is 3. The zero-order valence-electron chi connectivity index (χ0n) is 12.7. The van der Waals surface area contributed by atoms with Crippen LogP contribution in [0.15, 0.2) is 24.3 Å². The van der Waals surface area contributed by atoms with E-state index in [9.17, 15) is 9.90 Å². The molecule has 20 heavy (non-hydrogen) atoms. The Hall–Kier alpha value is -1.81. The lowest BCUT2D eigenvalue weighted by atomic mass is 9.85. The van der Waals surface area contributed by atoms with Crippen molar-refractivity contribution in [2.45, 2.75) is 45.8 Å². The van der Waals surface area contributed by atoms with Gasteiger partial charge in [-0.05, 0) is 40.7 Å². The maximum atomic E-state index is 12.6. The standard InChI is InChI=1S/C16H22N2O2/c1-10-13(11-8-6-7-9-12(11)17-10)14(19)18-15(2,3)16(4,5)20/h6-9,17,20H,1-5H3,(H,18,19). The molecule has 1 amide bonds. The number of aliphatic hydroxyl groups is 1. The third-order valence-electron chi connectivity index (χ3n) is 4.08. The van der Waals surface area contributed by atoms with Crippen LogP contribution in [0.25, 0.3) is 10.9 Å². The van der Waals surface area contributed by atoms with Crippen molar-refractivity contribution in [1.29, 1.82) is 0 Å². The molecule has 0 spiro atoms. The van der Waals surface area contributed by atoms with E-state index in [4.69, 9.17) is 0 Å². The smallest absolute Gasteiger partial charge is 0.254 e. The molecular formula is C16H22N2O2. The number of carbonyl (C=O) groups excluding carboxylic acids is 1. The molecule has 0 unspecified atom stereocenters. The number of benzene rings is 1. The number of aryl methyl sites for hydroxylation is 1. The monoisotopic (exact) mass is 274 g/mol. The lowest BCUT2D eigenvalue weighted by Crippen LogP contribution is -2.57. The molecule has 0 bridgehead atoms. The number of hydrogen-bond donors (Lipinski definition) is 3. The van der Waals surface area contributed by atoms with Crippen LogP contribution in [0, 0.1) is 6.92 Å². The summed E-state index contributed by atoms with van der Waals surface area (Å²) in [5, 5.41) is 14.0. The highest BCUT2D eigenvalue weighted by atomic mass is 16.3. The lowest BCUT2D eigenvalue weighted by Gasteiger charge is -2.38. The topological polar surface area (TPSA) is 65.1 Å². The fourth-order valence-electron chi connectivity index (χ4n) is 2.07. The summed E-state index contributed by atoms with van der Waals surface area (Å²) in [4.78, 5) is 15.8. The number of aromatic nitrogens is 1. The van der Waals surface area contributed by atoms with Gasteiger partial charge in [0, 0.05) is 16.6 Å². The Balaban J connectivity index is 2.40. The number of amides is 1. The number of H-pyrrole nitrogens is 1. The lowest BCUT2D eigenvalue weighted by molar-refractivity contribution is -0.00291. The van der Waals surface area contributed by atoms with E-state index in [0.29, 0.717) is 5.56 Å². The van der Waals surface area contributed by atoms with Crippen molar-refractivity contribution in [3.63, 3.8) is 0 Å². The van der Waals surface area contributed by atoms with Crippen LogP contribution in [-0.2, 0) is 0 Å². The molecule has 1 heterocycles. The van der Waals surface area contributed by atoms with Gasteiger partial charge in [-0.2, -0.15) is 0 Å². The molecule has 2 aromatic rings. The Morgan fingerprint density at radius 1 is 1.20 bits per heavy atom. The molecule has 0 saturated heterocycles. The van der Waals surface area contributed by atoms with Gasteiger partial charge in [0.1, 0.15) is 0 Å². The molecule has 0 aliphatic carbocycles. The Morgan fingerprint density at radius 2 is 1.80 bits per heavy atom. The molecule has 4 nitrogen and oxygen atoms in total. The molecule has 0 fully saturated rings. The zero-order valence-corrected chi connectivity index (χ0v) is 12.7. The summed E-state index contributed by atoms with van der Waals surface area (Å²) >= 11 is 0. The molecular weight excluding hydrogens is 252 g/mol. The summed E-state index contributed by atoms with van der Waals surface area (Å²) in [5.74, 6) is -0.174. The average Bonchev–Trinajstić information content (AvgIpc) is 2.62. The number of aromatic amines is 1. The molecule has 0 aliphatic heterocycles. The summed E-state index contributed by atoms with van der Waals surface area (Å²) in [7, 11) is 0. The van der Waals surface area contributed by atoms with Crippen molar-refractivity contribution in [1.82, 2.24) is 10.3 Å². The van der Waals surface area contributed by atoms with Gasteiger partial charge in [-0.15, -0.1) is 0 Å². The van der Waals surface area contributed by atoms with E-state index in [1.54, 1.807) is 13.8 Å². The minimum Gasteiger partial charge on any atom is -0.388 e. The number of hydrogen-bond acceptors (Lipinski definition) is 2. The van der Waals surface area contributed by atoms with Crippen molar-refractivity contribution >= 4 is 16.8 Å². The average molecular weight is 274 g/mol. The summed E-state index contributed by atoms with van der Waals surface area (Å²) in [6.45, 7) is 8.89. The number of carbonyl (C=O) groups is 1. The molecule has 108 valence electrons. The quantitative estimate of drug-likeness (QED) is 0.805. The van der Waals surface area contributed by atoms with Gasteiger partial charge in [-0.25, -0.2) is 0 Å². The van der Waals surface area contributed by atoms with Crippen LogP contribution in [0.4, 0.5) is 0 Å². The van der Waals surface area contributed by atoms with E-state index in [0.717, 1.165) is 16.6 Å². The number of fused-ring (bicyclic) bond motifs is 1. The zero-order chi connectivity index (χ0) is 15.1. The van der Waals surface area contributed by atoms with E-state index < -0.39 is 11.1 Å². The van der Waals surface area contributed by atoms with Crippen LogP contribution in [-0.4, -0.2) is 27.1 Å². The fraction of sp³-hybridized carbons (Fsp3) is 0.438. The first kappa shape index (κ1) is 14.6. The van der Waals surface area contributed by atoms with Crippen LogP contribution in [0.2, 0.25) is 0 Å². The van der Waals surface area contributed by atoms with Crippen LogP contribution in [0.3, 0.4) is 0 Å². The minimum atomic E-state index is -1.01. The highest BCUT2D eigenvalue weighted by Gasteiger charge is 2.37. The van der Waals surface area contributed by atoms with Crippen molar-refractivity contribution in [2.75, 3.05) is 0 Å². The predicted octanol–water partition coefficient (Wildman–Crippen LogP) is 2.76. The normalized spacial score (nSPS) is 12.7. The van der Waals surface area contributed by atoms with E-state index in [1.807, 2.05) is 45.0 Å². The molecule has 0 atom stereocenters. The third kappa shape index (κ3) is 2.43. The van der Waals surface area contributed by atoms with Crippen LogP contribution < -0.4 is 5.32 Å². The maximum absolute atomic E-state index is 12.6. The summed E-state index contributed by atoms with van der Waals surface area (Å²) < 4.78 is 0. The summed E-state index contributed by atoms with van der Waals surface area (Å²) in [5.41, 5.74) is 0.668. The number of para-hydroxylation sites is 1. The Labute approximate surface area is 119 Å². The molecule has 1 aromatic heterocycles. The minimum absolute atomic E-state index is 0.174. The van der Waals surface area contributed by atoms with Gasteiger partial charge in [-0.3, -0.25) is 4.79 Å². The first-order valence-corrected chi connectivity index (χ1v) is 6.76. The van der Waals surface area contributed by atoms with Gasteiger partial charge in [0.15, 0.2) is 0 Å². The molecule has 0 aliphatic rings. The first-order valence-electron chi connectivity index (χ1n) is 6.76. The van der Waals surface area contributed by atoms with Crippen molar-refractivity contribution < 1.29 is 9.90 Å². The van der Waals surface area contributed by atoms with Crippen molar-refractivity contribution in [3.05, 3.63) is 35.5 Å². The number of nitrogens with one attached hydrogen (secondary N) is 2. The van der Waals surface area contributed by atoms with Crippen LogP contribution in [0.1, 0.15) is 43.7 Å². The van der Waals surface area contributed by atoms with Gasteiger partial charge in [0.05, 0.1) is 16.7 Å². The van der Waals surface area contributed by atoms with E-state index in [2.05, 4.69) is 10.3 Å². The van der Waals surface area contributed by atoms with E-state index in [1.165, 1.54) is 0 Å². The molecule has 1 aromatic carbocycles. The van der Waals surface area contributed by atoms with Crippen molar-refractivity contribution in [2.24, 2.45) is 0 Å². The third-order valence-corrected chi connectivity index (χ3v) is 4.08. The Morgan fingerprint density at radius 3 is 2.40 bits per heavy atom. The van der Waals surface area contributed by atoms with Crippen LogP contribution in [0.5, 0.6) is 0 Å². The van der Waals surface area contributed by atoms with E-state index in [-0.39, 0.29) is 5.91 Å². The highest BCUT2D eigenvalue weighted by Crippen LogP contribution is 2.25. The second-order valence-electron chi connectivity index (χ2n) is 6.31. The largest absolute Gasteiger partial charge is 0.388 e. The highest BCUT2D eigenvalue weighted by molar-refractivity contribution is 6.08. The van der Waals surface area contributed by atoms with Crippen molar-refractivity contribution in [3.8, 4) is 0 Å². The van der Waals surface area contributed by atoms with E-state index >= 15 is 0 Å². The molecule has 2 rings (SSSR count). The van der Waals surface area contributed by atoms with Gasteiger partial charge in [0.25, 0.3) is 5.91 Å². The molecule has 4 heteroatoms. The Bertz CT molecular complexity index is 648. The maximum Gasteiger partial charge on any atom is 0.254 e.